The minimum absolute atomic E-state index is 0.00426. The summed E-state index contributed by atoms with van der Waals surface area (Å²) in [4.78, 5) is 4.34. The minimum Gasteiger partial charge on any atom is -0.387 e. The van der Waals surface area contributed by atoms with Crippen LogP contribution in [0.15, 0.2) is 60.0 Å². The number of nitrogens with zero attached hydrogens (tertiary/aromatic N) is 1. The van der Waals surface area contributed by atoms with Crippen molar-refractivity contribution in [1.29, 1.82) is 0 Å². The number of fused-ring (bicyclic) bond motifs is 4. The van der Waals surface area contributed by atoms with E-state index in [4.69, 9.17) is 4.74 Å². The van der Waals surface area contributed by atoms with E-state index in [1.807, 2.05) is 18.5 Å². The maximum absolute atomic E-state index is 11.1. The highest BCUT2D eigenvalue weighted by atomic mass is 16.6. The van der Waals surface area contributed by atoms with Crippen LogP contribution >= 0.6 is 0 Å². The number of aliphatic hydroxyl groups excluding tert-OH is 4. The zero-order valence-corrected chi connectivity index (χ0v) is 19.8. The van der Waals surface area contributed by atoms with Crippen molar-refractivity contribution >= 4 is 10.8 Å². The van der Waals surface area contributed by atoms with E-state index in [2.05, 4.69) is 42.2 Å². The molecule has 1 aromatic carbocycles. The molecule has 0 amide bonds. The molecule has 4 fully saturated rings. The molecular formula is C29H31NO5. The van der Waals surface area contributed by atoms with Crippen LogP contribution < -0.4 is 0 Å². The Bertz CT molecular complexity index is 1350. The van der Waals surface area contributed by atoms with Crippen LogP contribution in [-0.2, 0) is 10.2 Å². The van der Waals surface area contributed by atoms with Gasteiger partial charge < -0.3 is 25.2 Å². The largest absolute Gasteiger partial charge is 0.387 e. The molecule has 2 bridgehead atoms. The quantitative estimate of drug-likeness (QED) is 0.508. The Labute approximate surface area is 204 Å². The van der Waals surface area contributed by atoms with Crippen LogP contribution in [0.25, 0.3) is 10.8 Å². The van der Waals surface area contributed by atoms with Crippen molar-refractivity contribution in [3.8, 4) is 0 Å². The summed E-state index contributed by atoms with van der Waals surface area (Å²) in [7, 11) is 0. The third-order valence-electron chi connectivity index (χ3n) is 11.2. The Hall–Kier alpha value is -2.09. The van der Waals surface area contributed by atoms with Crippen LogP contribution in [0.4, 0.5) is 0 Å². The number of aromatic nitrogens is 1. The molecule has 2 spiro atoms. The van der Waals surface area contributed by atoms with Crippen molar-refractivity contribution in [1.82, 2.24) is 4.98 Å². The molecule has 2 aromatic rings. The summed E-state index contributed by atoms with van der Waals surface area (Å²) in [5.41, 5.74) is 1.43. The lowest BCUT2D eigenvalue weighted by molar-refractivity contribution is -0.228. The second-order valence-corrected chi connectivity index (χ2v) is 12.2. The first-order valence-corrected chi connectivity index (χ1v) is 13.0. The maximum atomic E-state index is 11.1. The van der Waals surface area contributed by atoms with E-state index in [0.29, 0.717) is 17.9 Å². The molecule has 6 heteroatoms. The highest BCUT2D eigenvalue weighted by molar-refractivity contribution is 5.82. The molecule has 3 saturated carbocycles. The number of hydrogen-bond donors (Lipinski definition) is 4. The normalized spacial score (nSPS) is 51.1. The monoisotopic (exact) mass is 473 g/mol. The van der Waals surface area contributed by atoms with Crippen molar-refractivity contribution in [2.75, 3.05) is 0 Å². The summed E-state index contributed by atoms with van der Waals surface area (Å²) < 4.78 is 6.95. The molecular weight excluding hydrogens is 442 g/mol. The van der Waals surface area contributed by atoms with Crippen molar-refractivity contribution in [2.24, 2.45) is 17.3 Å². The SMILES string of the molecule is C[C@]12CC=C3C=C4C(O)C(O)[C@@H](O)C(O)[C@]45CCC3(O5)[C@@H]1C[C@H]1C[C@]12c1ccc2ccncc2c1. The van der Waals surface area contributed by atoms with E-state index in [9.17, 15) is 20.4 Å². The molecule has 1 aromatic heterocycles. The number of allylic oxidation sites excluding steroid dienone is 1. The van der Waals surface area contributed by atoms with E-state index < -0.39 is 35.6 Å². The Morgan fingerprint density at radius 3 is 2.69 bits per heavy atom. The topological polar surface area (TPSA) is 103 Å². The summed E-state index contributed by atoms with van der Waals surface area (Å²) in [5, 5.41) is 45.2. The molecule has 2 aliphatic heterocycles. The average molecular weight is 474 g/mol. The number of ether oxygens (including phenoxy) is 1. The van der Waals surface area contributed by atoms with Gasteiger partial charge in [0.15, 0.2) is 0 Å². The number of benzene rings is 1. The molecule has 8 rings (SSSR count). The van der Waals surface area contributed by atoms with Gasteiger partial charge in [-0.05, 0) is 83.6 Å². The summed E-state index contributed by atoms with van der Waals surface area (Å²) in [5.74, 6) is 0.873. The molecule has 4 N–H and O–H groups in total. The Morgan fingerprint density at radius 2 is 1.83 bits per heavy atom. The highest BCUT2D eigenvalue weighted by Crippen LogP contribution is 2.80. The zero-order valence-electron chi connectivity index (χ0n) is 19.8. The highest BCUT2D eigenvalue weighted by Gasteiger charge is 2.79. The van der Waals surface area contributed by atoms with Gasteiger partial charge in [0.25, 0.3) is 0 Å². The van der Waals surface area contributed by atoms with Crippen LogP contribution in [0.3, 0.4) is 0 Å². The molecule has 4 aliphatic carbocycles. The molecule has 182 valence electrons. The van der Waals surface area contributed by atoms with Gasteiger partial charge in [-0.15, -0.1) is 0 Å². The zero-order chi connectivity index (χ0) is 24.0. The number of aliphatic hydroxyl groups is 4. The maximum Gasteiger partial charge on any atom is 0.122 e. The summed E-state index contributed by atoms with van der Waals surface area (Å²) >= 11 is 0. The molecule has 1 saturated heterocycles. The molecule has 35 heavy (non-hydrogen) atoms. The van der Waals surface area contributed by atoms with Gasteiger partial charge in [-0.25, -0.2) is 0 Å². The summed E-state index contributed by atoms with van der Waals surface area (Å²) in [6.07, 6.45) is 7.16. The van der Waals surface area contributed by atoms with Crippen LogP contribution in [-0.4, -0.2) is 61.0 Å². The van der Waals surface area contributed by atoms with Gasteiger partial charge in [-0.2, -0.15) is 0 Å². The van der Waals surface area contributed by atoms with Gasteiger partial charge in [0, 0.05) is 23.2 Å². The second kappa shape index (κ2) is 6.24. The van der Waals surface area contributed by atoms with Crippen molar-refractivity contribution in [2.45, 2.75) is 80.1 Å². The van der Waals surface area contributed by atoms with Gasteiger partial charge >= 0.3 is 0 Å². The van der Waals surface area contributed by atoms with Crippen LogP contribution in [0.1, 0.15) is 44.6 Å². The van der Waals surface area contributed by atoms with Gasteiger partial charge in [-0.3, -0.25) is 4.98 Å². The fourth-order valence-electron chi connectivity index (χ4n) is 9.41. The first-order valence-electron chi connectivity index (χ1n) is 13.0. The Kier molecular flexibility index (Phi) is 3.75. The number of hydrogen-bond acceptors (Lipinski definition) is 6. The van der Waals surface area contributed by atoms with Gasteiger partial charge in [0.05, 0.1) is 5.60 Å². The molecule has 0 radical (unpaired) electrons. The fourth-order valence-corrected chi connectivity index (χ4v) is 9.41. The third kappa shape index (κ3) is 2.16. The first-order chi connectivity index (χ1) is 16.8. The van der Waals surface area contributed by atoms with Crippen LogP contribution in [0, 0.1) is 17.3 Å². The summed E-state index contributed by atoms with van der Waals surface area (Å²) in [6.45, 7) is 2.43. The van der Waals surface area contributed by atoms with E-state index in [1.165, 1.54) is 22.8 Å². The van der Waals surface area contributed by atoms with E-state index >= 15 is 0 Å². The Balaban J connectivity index is 1.26. The lowest BCUT2D eigenvalue weighted by Gasteiger charge is -2.57. The summed E-state index contributed by atoms with van der Waals surface area (Å²) in [6, 6.07) is 8.92. The average Bonchev–Trinajstić information content (AvgIpc) is 3.44. The number of pyridine rings is 1. The molecule has 4 unspecified atom stereocenters. The van der Waals surface area contributed by atoms with Crippen molar-refractivity contribution in [3.05, 3.63) is 65.5 Å². The van der Waals surface area contributed by atoms with Gasteiger partial charge in [-0.1, -0.05) is 31.2 Å². The first kappa shape index (κ1) is 21.0. The third-order valence-corrected chi connectivity index (χ3v) is 11.2. The Morgan fingerprint density at radius 1 is 1.00 bits per heavy atom. The molecule has 6 nitrogen and oxygen atoms in total. The molecule has 10 atom stereocenters. The molecule has 3 heterocycles. The predicted molar refractivity (Wildman–Crippen MR) is 128 cm³/mol. The predicted octanol–water partition coefficient (Wildman–Crippen LogP) is 2.53. The second-order valence-electron chi connectivity index (χ2n) is 12.2. The van der Waals surface area contributed by atoms with Crippen LogP contribution in [0.5, 0.6) is 0 Å². The van der Waals surface area contributed by atoms with E-state index in [0.717, 1.165) is 24.8 Å². The molecule has 6 aliphatic rings. The van der Waals surface area contributed by atoms with Crippen LogP contribution in [0.2, 0.25) is 0 Å². The number of rotatable bonds is 1. The minimum atomic E-state index is -1.44. The van der Waals surface area contributed by atoms with Gasteiger partial charge in [0.1, 0.15) is 30.0 Å². The van der Waals surface area contributed by atoms with Gasteiger partial charge in [0.2, 0.25) is 0 Å². The van der Waals surface area contributed by atoms with E-state index in [1.54, 1.807) is 0 Å². The lowest BCUT2D eigenvalue weighted by Crippen LogP contribution is -2.67. The lowest BCUT2D eigenvalue weighted by atomic mass is 9.55. The standard InChI is InChI=1S/C29H31NO5/c1-26-6-4-18-11-20-22(31)23(32)24(33)25(34)29(20)8-7-28(18,35-29)21(26)12-19-13-27(19,26)17-3-2-15-5-9-30-14-16(15)10-17/h2-5,9-11,14,19,21-25,31-34H,6-8,12-13H2,1H3/t19-,21+,22?,23?,24+,25?,26-,27-,28?,29-/m0/s1. The fraction of sp³-hybridized carbons (Fsp3) is 0.552. The van der Waals surface area contributed by atoms with Crippen molar-refractivity contribution < 1.29 is 25.2 Å². The van der Waals surface area contributed by atoms with E-state index in [-0.39, 0.29) is 16.7 Å². The van der Waals surface area contributed by atoms with Crippen molar-refractivity contribution in [3.63, 3.8) is 0 Å². The smallest absolute Gasteiger partial charge is 0.122 e.